The Labute approximate surface area is 216 Å². The first-order chi connectivity index (χ1) is 18.0. The van der Waals surface area contributed by atoms with Crippen LogP contribution in [0.2, 0.25) is 0 Å². The van der Waals surface area contributed by atoms with Crippen molar-refractivity contribution in [2.45, 2.75) is 20.0 Å². The monoisotopic (exact) mass is 496 g/mol. The number of rotatable bonds is 10. The van der Waals surface area contributed by atoms with Crippen LogP contribution in [0.25, 0.3) is 21.8 Å². The van der Waals surface area contributed by atoms with Gasteiger partial charge in [0, 0.05) is 35.1 Å². The molecular formula is C31H32N2O4. The summed E-state index contributed by atoms with van der Waals surface area (Å²) in [5.74, 6) is 2.30. The Bertz CT molecular complexity index is 1480. The fourth-order valence-electron chi connectivity index (χ4n) is 4.60. The van der Waals surface area contributed by atoms with Gasteiger partial charge in [-0.3, -0.25) is 0 Å². The molecule has 37 heavy (non-hydrogen) atoms. The molecule has 0 bridgehead atoms. The van der Waals surface area contributed by atoms with Crippen molar-refractivity contribution in [1.29, 1.82) is 0 Å². The second kappa shape index (κ2) is 10.8. The molecule has 190 valence electrons. The zero-order valence-electron chi connectivity index (χ0n) is 21.1. The van der Waals surface area contributed by atoms with E-state index < -0.39 is 6.10 Å². The number of aromatic amines is 1. The number of aliphatic hydroxyl groups is 1. The van der Waals surface area contributed by atoms with Crippen molar-refractivity contribution in [3.63, 3.8) is 0 Å². The average molecular weight is 497 g/mol. The van der Waals surface area contributed by atoms with Crippen LogP contribution in [0.5, 0.6) is 23.0 Å². The van der Waals surface area contributed by atoms with Gasteiger partial charge in [-0.15, -0.1) is 0 Å². The Balaban J connectivity index is 1.27. The van der Waals surface area contributed by atoms with Gasteiger partial charge in [-0.25, -0.2) is 0 Å². The van der Waals surface area contributed by atoms with Gasteiger partial charge in [-0.05, 0) is 60.5 Å². The molecule has 5 rings (SSSR count). The Kier molecular flexibility index (Phi) is 7.19. The van der Waals surface area contributed by atoms with Gasteiger partial charge in [-0.2, -0.15) is 0 Å². The number of nitrogens with one attached hydrogen (secondary N) is 1. The van der Waals surface area contributed by atoms with E-state index in [1.807, 2.05) is 60.7 Å². The standard InChI is InChI=1S/C31H32N2O4/c1-21(2)18-33(22-14-16-24(17-15-22)37-29-12-6-5-11-28(29)35)19-23(34)20-36-30-13-7-10-27-31(30)25-8-3-4-9-26(25)32-27/h3-17,21,23,32,34-35H,18-20H2,1-2H3/t23-/m0/s1. The molecule has 1 atom stereocenters. The number of benzene rings is 4. The summed E-state index contributed by atoms with van der Waals surface area (Å²) in [4.78, 5) is 5.59. The minimum atomic E-state index is -0.684. The third-order valence-electron chi connectivity index (χ3n) is 6.23. The quantitative estimate of drug-likeness (QED) is 0.200. The van der Waals surface area contributed by atoms with Crippen molar-refractivity contribution < 1.29 is 19.7 Å². The topological polar surface area (TPSA) is 78.0 Å². The summed E-state index contributed by atoms with van der Waals surface area (Å²) < 4.78 is 12.0. The summed E-state index contributed by atoms with van der Waals surface area (Å²) in [5, 5.41) is 23.1. The molecule has 5 aromatic rings. The minimum Gasteiger partial charge on any atom is -0.504 e. The summed E-state index contributed by atoms with van der Waals surface area (Å²) in [7, 11) is 0. The molecular weight excluding hydrogens is 464 g/mol. The Hall–Kier alpha value is -4.16. The zero-order chi connectivity index (χ0) is 25.8. The van der Waals surface area contributed by atoms with Crippen LogP contribution in [0, 0.1) is 5.92 Å². The molecule has 0 unspecified atom stereocenters. The van der Waals surface area contributed by atoms with E-state index in [0.29, 0.717) is 24.0 Å². The van der Waals surface area contributed by atoms with Crippen molar-refractivity contribution in [2.24, 2.45) is 5.92 Å². The predicted octanol–water partition coefficient (Wildman–Crippen LogP) is 6.72. The normalized spacial score (nSPS) is 12.2. The molecule has 6 heteroatoms. The van der Waals surface area contributed by atoms with E-state index >= 15 is 0 Å². The van der Waals surface area contributed by atoms with Crippen LogP contribution in [0.15, 0.2) is 91.0 Å². The third-order valence-corrected chi connectivity index (χ3v) is 6.23. The minimum absolute atomic E-state index is 0.0967. The summed E-state index contributed by atoms with van der Waals surface area (Å²) in [6.07, 6.45) is -0.684. The predicted molar refractivity (Wildman–Crippen MR) is 149 cm³/mol. The SMILES string of the molecule is CC(C)CN(C[C@H](O)COc1cccc2[nH]c3ccccc3c12)c1ccc(Oc2ccccc2O)cc1. The van der Waals surface area contributed by atoms with E-state index in [1.54, 1.807) is 18.2 Å². The first kappa shape index (κ1) is 24.5. The lowest BCUT2D eigenvalue weighted by molar-refractivity contribution is 0.112. The molecule has 0 amide bonds. The lowest BCUT2D eigenvalue weighted by atomic mass is 10.1. The van der Waals surface area contributed by atoms with Crippen molar-refractivity contribution in [3.05, 3.63) is 91.0 Å². The van der Waals surface area contributed by atoms with E-state index in [2.05, 4.69) is 35.9 Å². The number of ether oxygens (including phenoxy) is 2. The van der Waals surface area contributed by atoms with Crippen LogP contribution >= 0.6 is 0 Å². The molecule has 0 saturated heterocycles. The molecule has 0 aliphatic heterocycles. The van der Waals surface area contributed by atoms with Crippen LogP contribution in [-0.4, -0.2) is 41.0 Å². The van der Waals surface area contributed by atoms with Gasteiger partial charge in [0.2, 0.25) is 0 Å². The average Bonchev–Trinajstić information content (AvgIpc) is 3.28. The van der Waals surface area contributed by atoms with Gasteiger partial charge >= 0.3 is 0 Å². The van der Waals surface area contributed by atoms with Crippen molar-refractivity contribution in [1.82, 2.24) is 4.98 Å². The number of fused-ring (bicyclic) bond motifs is 3. The molecule has 0 aliphatic carbocycles. The number of phenolic OH excluding ortho intramolecular Hbond substituents is 1. The van der Waals surface area contributed by atoms with E-state index in [1.165, 1.54) is 0 Å². The maximum atomic E-state index is 10.9. The Morgan fingerprint density at radius 2 is 1.49 bits per heavy atom. The molecule has 0 spiro atoms. The first-order valence-electron chi connectivity index (χ1n) is 12.6. The maximum absolute atomic E-state index is 10.9. The number of phenols is 1. The van der Waals surface area contributed by atoms with Crippen LogP contribution < -0.4 is 14.4 Å². The fraction of sp³-hybridized carbons (Fsp3) is 0.226. The number of hydrogen-bond acceptors (Lipinski definition) is 5. The highest BCUT2D eigenvalue weighted by Crippen LogP contribution is 2.33. The molecule has 6 nitrogen and oxygen atoms in total. The van der Waals surface area contributed by atoms with E-state index in [-0.39, 0.29) is 12.4 Å². The second-order valence-electron chi connectivity index (χ2n) is 9.68. The van der Waals surface area contributed by atoms with Crippen LogP contribution in [-0.2, 0) is 0 Å². The number of aromatic nitrogens is 1. The molecule has 0 radical (unpaired) electrons. The number of H-pyrrole nitrogens is 1. The number of aromatic hydroxyl groups is 1. The van der Waals surface area contributed by atoms with Crippen molar-refractivity contribution >= 4 is 27.5 Å². The molecule has 0 aliphatic rings. The lowest BCUT2D eigenvalue weighted by Crippen LogP contribution is -2.37. The Morgan fingerprint density at radius 3 is 2.27 bits per heavy atom. The smallest absolute Gasteiger partial charge is 0.169 e. The largest absolute Gasteiger partial charge is 0.504 e. The van der Waals surface area contributed by atoms with Gasteiger partial charge in [0.1, 0.15) is 24.2 Å². The van der Waals surface area contributed by atoms with Crippen LogP contribution in [0.3, 0.4) is 0 Å². The number of anilines is 1. The fourth-order valence-corrected chi connectivity index (χ4v) is 4.60. The highest BCUT2D eigenvalue weighted by atomic mass is 16.5. The highest BCUT2D eigenvalue weighted by molar-refractivity contribution is 6.10. The second-order valence-corrected chi connectivity index (χ2v) is 9.68. The van der Waals surface area contributed by atoms with Gasteiger partial charge < -0.3 is 29.6 Å². The summed E-state index contributed by atoms with van der Waals surface area (Å²) >= 11 is 0. The van der Waals surface area contributed by atoms with E-state index in [9.17, 15) is 10.2 Å². The molecule has 4 aromatic carbocycles. The van der Waals surface area contributed by atoms with Gasteiger partial charge in [0.25, 0.3) is 0 Å². The van der Waals surface area contributed by atoms with Crippen molar-refractivity contribution in [2.75, 3.05) is 24.6 Å². The molecule has 1 heterocycles. The van der Waals surface area contributed by atoms with Crippen LogP contribution in [0.4, 0.5) is 5.69 Å². The number of hydrogen-bond donors (Lipinski definition) is 3. The number of nitrogens with zero attached hydrogens (tertiary/aromatic N) is 1. The number of aliphatic hydroxyl groups excluding tert-OH is 1. The van der Waals surface area contributed by atoms with Gasteiger partial charge in [0.15, 0.2) is 11.5 Å². The molecule has 0 fully saturated rings. The molecule has 3 N–H and O–H groups in total. The van der Waals surface area contributed by atoms with Gasteiger partial charge in [0.05, 0.1) is 5.52 Å². The van der Waals surface area contributed by atoms with E-state index in [4.69, 9.17) is 9.47 Å². The zero-order valence-corrected chi connectivity index (χ0v) is 21.1. The molecule has 1 aromatic heterocycles. The summed E-state index contributed by atoms with van der Waals surface area (Å²) in [6, 6.07) is 28.7. The summed E-state index contributed by atoms with van der Waals surface area (Å²) in [5.41, 5.74) is 3.06. The van der Waals surface area contributed by atoms with Crippen LogP contribution in [0.1, 0.15) is 13.8 Å². The van der Waals surface area contributed by atoms with E-state index in [0.717, 1.165) is 39.8 Å². The highest BCUT2D eigenvalue weighted by Gasteiger charge is 2.17. The third kappa shape index (κ3) is 5.65. The summed E-state index contributed by atoms with van der Waals surface area (Å²) in [6.45, 7) is 5.71. The molecule has 0 saturated carbocycles. The lowest BCUT2D eigenvalue weighted by Gasteiger charge is -2.29. The first-order valence-corrected chi connectivity index (χ1v) is 12.6. The maximum Gasteiger partial charge on any atom is 0.169 e. The Morgan fingerprint density at radius 1 is 0.784 bits per heavy atom. The number of para-hydroxylation sites is 3. The van der Waals surface area contributed by atoms with Gasteiger partial charge in [-0.1, -0.05) is 50.2 Å². The van der Waals surface area contributed by atoms with Crippen molar-refractivity contribution in [3.8, 4) is 23.0 Å².